The lowest BCUT2D eigenvalue weighted by Gasteiger charge is -2.03. The lowest BCUT2D eigenvalue weighted by Crippen LogP contribution is -1.95. The van der Waals surface area contributed by atoms with Gasteiger partial charge in [0.25, 0.3) is 9.05 Å². The van der Waals surface area contributed by atoms with Gasteiger partial charge in [0.2, 0.25) is 0 Å². The van der Waals surface area contributed by atoms with Gasteiger partial charge in [0.05, 0.1) is 16.1 Å². The molecule has 0 saturated heterocycles. The zero-order valence-corrected chi connectivity index (χ0v) is 11.6. The van der Waals surface area contributed by atoms with Crippen LogP contribution in [-0.4, -0.2) is 18.4 Å². The fourth-order valence-corrected chi connectivity index (χ4v) is 2.98. The number of hydrogen-bond acceptors (Lipinski definition) is 4. The molecule has 1 aromatic heterocycles. The molecule has 17 heavy (non-hydrogen) atoms. The molecule has 0 atom stereocenters. The number of fused-ring (bicyclic) bond motifs is 1. The highest BCUT2D eigenvalue weighted by Gasteiger charge is 2.17. The van der Waals surface area contributed by atoms with Crippen LogP contribution in [0.15, 0.2) is 17.0 Å². The molecule has 2 rings (SSSR count). The van der Waals surface area contributed by atoms with E-state index in [4.69, 9.17) is 45.5 Å². The minimum Gasteiger partial charge on any atom is -0.231 e. The number of aromatic nitrogens is 2. The van der Waals surface area contributed by atoms with Crippen LogP contribution < -0.4 is 0 Å². The Morgan fingerprint density at radius 1 is 0.941 bits per heavy atom. The summed E-state index contributed by atoms with van der Waals surface area (Å²) in [5, 5.41) is -0.0729. The van der Waals surface area contributed by atoms with Crippen LogP contribution >= 0.6 is 45.5 Å². The maximum Gasteiger partial charge on any atom is 0.262 e. The van der Waals surface area contributed by atoms with Gasteiger partial charge in [0.1, 0.15) is 4.90 Å². The zero-order valence-electron chi connectivity index (χ0n) is 7.79. The molecule has 0 amide bonds. The summed E-state index contributed by atoms with van der Waals surface area (Å²) in [7, 11) is 1.26. The number of nitrogens with zero attached hydrogens (tertiary/aromatic N) is 2. The normalized spacial score (nSPS) is 12.0. The Morgan fingerprint density at radius 3 is 1.88 bits per heavy atom. The molecule has 0 unspecified atom stereocenters. The summed E-state index contributed by atoms with van der Waals surface area (Å²) in [5.41, 5.74) is 0.566. The average Bonchev–Trinajstić information content (AvgIpc) is 2.18. The van der Waals surface area contributed by atoms with E-state index in [9.17, 15) is 8.42 Å². The lowest BCUT2D eigenvalue weighted by molar-refractivity contribution is 0.609. The molecule has 0 saturated carbocycles. The summed E-state index contributed by atoms with van der Waals surface area (Å²) >= 11 is 17.1. The molecule has 0 fully saturated rings. The molecule has 0 aliphatic rings. The Labute approximate surface area is 116 Å². The molecule has 2 aromatic rings. The van der Waals surface area contributed by atoms with Gasteiger partial charge in [-0.3, -0.25) is 0 Å². The van der Waals surface area contributed by atoms with E-state index < -0.39 is 9.05 Å². The molecule has 0 bridgehead atoms. The van der Waals surface area contributed by atoms with Crippen molar-refractivity contribution in [2.45, 2.75) is 4.90 Å². The van der Waals surface area contributed by atoms with Crippen LogP contribution in [0.4, 0.5) is 0 Å². The van der Waals surface area contributed by atoms with Crippen molar-refractivity contribution in [1.29, 1.82) is 0 Å². The zero-order chi connectivity index (χ0) is 12.8. The van der Waals surface area contributed by atoms with Crippen molar-refractivity contribution in [1.82, 2.24) is 9.97 Å². The summed E-state index contributed by atoms with van der Waals surface area (Å²) in [4.78, 5) is 7.54. The fourth-order valence-electron chi connectivity index (χ4n) is 1.20. The fraction of sp³-hybridized carbons (Fsp3) is 0. The van der Waals surface area contributed by atoms with E-state index in [2.05, 4.69) is 9.97 Å². The van der Waals surface area contributed by atoms with Crippen LogP contribution in [0.5, 0.6) is 0 Å². The monoisotopic (exact) mass is 330 g/mol. The predicted molar refractivity (Wildman–Crippen MR) is 67.6 cm³/mol. The van der Waals surface area contributed by atoms with Crippen LogP contribution in [0, 0.1) is 0 Å². The highest BCUT2D eigenvalue weighted by atomic mass is 35.7. The Bertz CT molecular complexity index is 717. The van der Waals surface area contributed by atoms with E-state index in [0.717, 1.165) is 0 Å². The second-order valence-corrected chi connectivity index (χ2v) is 6.67. The van der Waals surface area contributed by atoms with Gasteiger partial charge in [-0.25, -0.2) is 18.4 Å². The number of halogens is 4. The predicted octanol–water partition coefficient (Wildman–Crippen LogP) is 3.52. The Kier molecular flexibility index (Phi) is 3.40. The lowest BCUT2D eigenvalue weighted by atomic mass is 10.3. The van der Waals surface area contributed by atoms with Crippen molar-refractivity contribution in [3.63, 3.8) is 0 Å². The summed E-state index contributed by atoms with van der Waals surface area (Å²) in [6, 6.07) is 2.50. The van der Waals surface area contributed by atoms with Gasteiger partial charge in [0.15, 0.2) is 10.3 Å². The molecule has 1 aromatic carbocycles. The van der Waals surface area contributed by atoms with Gasteiger partial charge in [-0.15, -0.1) is 0 Å². The molecule has 0 radical (unpaired) electrons. The van der Waals surface area contributed by atoms with Gasteiger partial charge in [-0.2, -0.15) is 0 Å². The van der Waals surface area contributed by atoms with Gasteiger partial charge >= 0.3 is 0 Å². The van der Waals surface area contributed by atoms with E-state index in [1.807, 2.05) is 0 Å². The summed E-state index contributed by atoms with van der Waals surface area (Å²) in [6.07, 6.45) is 0. The first kappa shape index (κ1) is 13.1. The van der Waals surface area contributed by atoms with Gasteiger partial charge in [0, 0.05) is 10.7 Å². The van der Waals surface area contributed by atoms with Crippen LogP contribution in [-0.2, 0) is 9.05 Å². The summed E-state index contributed by atoms with van der Waals surface area (Å²) in [5.74, 6) is 0. The van der Waals surface area contributed by atoms with Gasteiger partial charge in [-0.1, -0.05) is 34.8 Å². The molecule has 0 spiro atoms. The maximum atomic E-state index is 11.2. The second kappa shape index (κ2) is 4.40. The van der Waals surface area contributed by atoms with Crippen molar-refractivity contribution in [3.8, 4) is 0 Å². The highest BCUT2D eigenvalue weighted by molar-refractivity contribution is 8.13. The molecule has 1 heterocycles. The number of benzene rings is 1. The SMILES string of the molecule is O=S(=O)(Cl)c1cc2nc(Cl)c(Cl)nc2cc1Cl. The highest BCUT2D eigenvalue weighted by Crippen LogP contribution is 2.30. The molecular weight excluding hydrogens is 330 g/mol. The summed E-state index contributed by atoms with van der Waals surface area (Å²) in [6.45, 7) is 0. The topological polar surface area (TPSA) is 59.9 Å². The minimum absolute atomic E-state index is 0.0108. The molecule has 4 nitrogen and oxygen atoms in total. The first-order valence-electron chi connectivity index (χ1n) is 4.06. The van der Waals surface area contributed by atoms with Gasteiger partial charge in [-0.05, 0) is 12.1 Å². The third-order valence-electron chi connectivity index (χ3n) is 1.90. The molecular formula is C8H2Cl4N2O2S. The largest absolute Gasteiger partial charge is 0.262 e. The molecule has 0 aliphatic carbocycles. The van der Waals surface area contributed by atoms with Crippen molar-refractivity contribution in [2.75, 3.05) is 0 Å². The number of hydrogen-bond donors (Lipinski definition) is 0. The summed E-state index contributed by atoms with van der Waals surface area (Å²) < 4.78 is 22.4. The average molecular weight is 332 g/mol. The Hall–Kier alpha value is -0.330. The number of rotatable bonds is 1. The van der Waals surface area contributed by atoms with Crippen molar-refractivity contribution in [2.24, 2.45) is 0 Å². The molecule has 9 heteroatoms. The van der Waals surface area contributed by atoms with Crippen molar-refractivity contribution >= 4 is 65.6 Å². The smallest absolute Gasteiger partial charge is 0.231 e. The maximum absolute atomic E-state index is 11.2. The Balaban J connectivity index is 2.86. The third kappa shape index (κ3) is 2.58. The van der Waals surface area contributed by atoms with Crippen molar-refractivity contribution < 1.29 is 8.42 Å². The quantitative estimate of drug-likeness (QED) is 0.750. The Morgan fingerprint density at radius 2 is 1.41 bits per heavy atom. The molecule has 0 N–H and O–H groups in total. The van der Waals surface area contributed by atoms with Crippen LogP contribution in [0.25, 0.3) is 11.0 Å². The first-order chi connectivity index (χ1) is 7.79. The van der Waals surface area contributed by atoms with E-state index in [-0.39, 0.29) is 25.7 Å². The van der Waals surface area contributed by atoms with E-state index >= 15 is 0 Å². The first-order valence-corrected chi connectivity index (χ1v) is 7.50. The van der Waals surface area contributed by atoms with Crippen molar-refractivity contribution in [3.05, 3.63) is 27.5 Å². The standard InChI is InChI=1S/C8H2Cl4N2O2S/c9-3-1-4-5(2-6(3)17(12,15)16)14-8(11)7(10)13-4/h1-2H. The van der Waals surface area contributed by atoms with Crippen LogP contribution in [0.1, 0.15) is 0 Å². The molecule has 90 valence electrons. The van der Waals surface area contributed by atoms with Crippen LogP contribution in [0.3, 0.4) is 0 Å². The van der Waals surface area contributed by atoms with E-state index in [1.165, 1.54) is 12.1 Å². The van der Waals surface area contributed by atoms with Crippen LogP contribution in [0.2, 0.25) is 15.3 Å². The molecule has 0 aliphatic heterocycles. The van der Waals surface area contributed by atoms with Gasteiger partial charge < -0.3 is 0 Å². The minimum atomic E-state index is -3.95. The van der Waals surface area contributed by atoms with E-state index in [1.54, 1.807) is 0 Å². The second-order valence-electron chi connectivity index (χ2n) is 3.01. The van der Waals surface area contributed by atoms with E-state index in [0.29, 0.717) is 5.52 Å². The third-order valence-corrected chi connectivity index (χ3v) is 4.31.